The molecule has 0 saturated carbocycles. The van der Waals surface area contributed by atoms with Crippen molar-refractivity contribution in [3.8, 4) is 0 Å². The highest BCUT2D eigenvalue weighted by molar-refractivity contribution is 7.89. The van der Waals surface area contributed by atoms with E-state index in [1.54, 1.807) is 17.0 Å². The van der Waals surface area contributed by atoms with E-state index < -0.39 is 22.5 Å². The molecule has 3 rings (SSSR count). The molecule has 2 aromatic carbocycles. The third-order valence-electron chi connectivity index (χ3n) is 5.02. The Bertz CT molecular complexity index is 995. The van der Waals surface area contributed by atoms with E-state index in [4.69, 9.17) is 4.74 Å². The van der Waals surface area contributed by atoms with Crippen LogP contribution in [0.15, 0.2) is 47.4 Å². The Morgan fingerprint density at radius 2 is 1.72 bits per heavy atom. The molecule has 0 spiro atoms. The number of likely N-dealkylation sites (tertiary alicyclic amines) is 1. The van der Waals surface area contributed by atoms with Crippen molar-refractivity contribution in [3.05, 3.63) is 42.5 Å². The predicted octanol–water partition coefficient (Wildman–Crippen LogP) is 2.17. The van der Waals surface area contributed by atoms with E-state index in [0.717, 1.165) is 17.2 Å². The molecule has 1 saturated heterocycles. The van der Waals surface area contributed by atoms with Crippen molar-refractivity contribution in [2.75, 3.05) is 26.2 Å². The first-order chi connectivity index (χ1) is 13.7. The van der Waals surface area contributed by atoms with Crippen LogP contribution in [0.4, 0.5) is 0 Å². The average molecular weight is 419 g/mol. The van der Waals surface area contributed by atoms with Gasteiger partial charge in [0.25, 0.3) is 5.91 Å². The molecule has 7 nitrogen and oxygen atoms in total. The Hall–Kier alpha value is -2.45. The molecule has 2 aromatic rings. The van der Waals surface area contributed by atoms with Gasteiger partial charge in [0.05, 0.1) is 4.90 Å². The fourth-order valence-electron chi connectivity index (χ4n) is 3.72. The van der Waals surface area contributed by atoms with Crippen molar-refractivity contribution in [1.29, 1.82) is 0 Å². The molecule has 0 radical (unpaired) electrons. The minimum atomic E-state index is -3.87. The Labute approximate surface area is 171 Å². The van der Waals surface area contributed by atoms with Gasteiger partial charge < -0.3 is 9.64 Å². The van der Waals surface area contributed by atoms with Crippen LogP contribution >= 0.6 is 0 Å². The number of carbonyl (C=O) groups is 2. The second-order valence-electron chi connectivity index (χ2n) is 7.74. The average Bonchev–Trinajstić information content (AvgIpc) is 2.69. The van der Waals surface area contributed by atoms with E-state index in [1.165, 1.54) is 6.07 Å². The number of nitrogens with one attached hydrogen (secondary N) is 1. The van der Waals surface area contributed by atoms with E-state index in [-0.39, 0.29) is 17.4 Å². The summed E-state index contributed by atoms with van der Waals surface area (Å²) in [7, 11) is -3.87. The first-order valence-electron chi connectivity index (χ1n) is 9.66. The maximum absolute atomic E-state index is 12.4. The molecule has 1 fully saturated rings. The highest BCUT2D eigenvalue weighted by Gasteiger charge is 2.26. The summed E-state index contributed by atoms with van der Waals surface area (Å²) >= 11 is 0. The first kappa shape index (κ1) is 21.3. The molecule has 8 heteroatoms. The number of hydrogen-bond acceptors (Lipinski definition) is 5. The van der Waals surface area contributed by atoms with Crippen LogP contribution in [-0.2, 0) is 24.3 Å². The summed E-state index contributed by atoms with van der Waals surface area (Å²) in [6.45, 7) is 4.56. The molecular weight excluding hydrogens is 392 g/mol. The molecule has 29 heavy (non-hydrogen) atoms. The number of amides is 1. The highest BCUT2D eigenvalue weighted by Crippen LogP contribution is 2.21. The monoisotopic (exact) mass is 418 g/mol. The molecule has 156 valence electrons. The molecular formula is C21H26N2O5S. The quantitative estimate of drug-likeness (QED) is 0.726. The number of nitrogens with zero attached hydrogens (tertiary/aromatic N) is 1. The van der Waals surface area contributed by atoms with Gasteiger partial charge in [-0.25, -0.2) is 8.42 Å². The molecule has 2 atom stereocenters. The van der Waals surface area contributed by atoms with E-state index in [9.17, 15) is 18.0 Å². The van der Waals surface area contributed by atoms with Crippen molar-refractivity contribution >= 4 is 32.7 Å². The summed E-state index contributed by atoms with van der Waals surface area (Å²) in [5.41, 5.74) is 0. The lowest BCUT2D eigenvalue weighted by molar-refractivity contribution is -0.152. The number of carbonyl (C=O) groups excluding carboxylic acids is 2. The maximum Gasteiger partial charge on any atom is 0.321 e. The van der Waals surface area contributed by atoms with Crippen molar-refractivity contribution < 1.29 is 22.7 Å². The summed E-state index contributed by atoms with van der Waals surface area (Å²) < 4.78 is 32.1. The van der Waals surface area contributed by atoms with Gasteiger partial charge in [-0.3, -0.25) is 9.59 Å². The summed E-state index contributed by atoms with van der Waals surface area (Å²) in [5.74, 6) is -0.228. The van der Waals surface area contributed by atoms with Gasteiger partial charge in [0.1, 0.15) is 6.54 Å². The Kier molecular flexibility index (Phi) is 6.54. The SMILES string of the molecule is C[C@@H]1C[C@H](C)CN(C(=O)COC(=O)CNS(=O)(=O)c2ccc3ccccc3c2)C1. The van der Waals surface area contributed by atoms with Crippen LogP contribution in [-0.4, -0.2) is 51.4 Å². The molecule has 0 aromatic heterocycles. The van der Waals surface area contributed by atoms with E-state index in [2.05, 4.69) is 18.6 Å². The second kappa shape index (κ2) is 8.92. The maximum atomic E-state index is 12.4. The van der Waals surface area contributed by atoms with Crippen LogP contribution in [0.25, 0.3) is 10.8 Å². The zero-order valence-corrected chi connectivity index (χ0v) is 17.4. The smallest absolute Gasteiger partial charge is 0.321 e. The predicted molar refractivity (Wildman–Crippen MR) is 110 cm³/mol. The Morgan fingerprint density at radius 1 is 1.07 bits per heavy atom. The number of hydrogen-bond donors (Lipinski definition) is 1. The van der Waals surface area contributed by atoms with Crippen molar-refractivity contribution in [2.45, 2.75) is 25.2 Å². The number of rotatable bonds is 6. The molecule has 1 heterocycles. The zero-order chi connectivity index (χ0) is 21.0. The lowest BCUT2D eigenvalue weighted by atomic mass is 9.92. The van der Waals surface area contributed by atoms with E-state index >= 15 is 0 Å². The molecule has 1 aliphatic rings. The van der Waals surface area contributed by atoms with Gasteiger partial charge >= 0.3 is 5.97 Å². The van der Waals surface area contributed by atoms with Crippen molar-refractivity contribution in [2.24, 2.45) is 11.8 Å². The molecule has 1 N–H and O–H groups in total. The lowest BCUT2D eigenvalue weighted by Gasteiger charge is -2.34. The zero-order valence-electron chi connectivity index (χ0n) is 16.6. The van der Waals surface area contributed by atoms with Crippen LogP contribution < -0.4 is 4.72 Å². The van der Waals surface area contributed by atoms with Crippen molar-refractivity contribution in [3.63, 3.8) is 0 Å². The summed E-state index contributed by atoms with van der Waals surface area (Å²) in [4.78, 5) is 25.9. The van der Waals surface area contributed by atoms with Crippen LogP contribution in [0.2, 0.25) is 0 Å². The lowest BCUT2D eigenvalue weighted by Crippen LogP contribution is -2.44. The van der Waals surface area contributed by atoms with E-state index in [1.807, 2.05) is 24.3 Å². The van der Waals surface area contributed by atoms with Crippen LogP contribution in [0, 0.1) is 11.8 Å². The molecule has 1 aliphatic heterocycles. The van der Waals surface area contributed by atoms with Crippen molar-refractivity contribution in [1.82, 2.24) is 9.62 Å². The largest absolute Gasteiger partial charge is 0.455 e. The molecule has 0 bridgehead atoms. The minimum Gasteiger partial charge on any atom is -0.455 e. The first-order valence-corrected chi connectivity index (χ1v) is 11.1. The Balaban J connectivity index is 1.52. The van der Waals surface area contributed by atoms with Gasteiger partial charge in [-0.2, -0.15) is 4.72 Å². The third-order valence-corrected chi connectivity index (χ3v) is 6.41. The van der Waals surface area contributed by atoms with Gasteiger partial charge in [0.2, 0.25) is 10.0 Å². The van der Waals surface area contributed by atoms with Gasteiger partial charge in [-0.1, -0.05) is 44.2 Å². The molecule has 0 unspecified atom stereocenters. The highest BCUT2D eigenvalue weighted by atomic mass is 32.2. The van der Waals surface area contributed by atoms with Gasteiger partial charge in [0.15, 0.2) is 6.61 Å². The van der Waals surface area contributed by atoms with Gasteiger partial charge in [-0.15, -0.1) is 0 Å². The number of piperidine rings is 1. The second-order valence-corrected chi connectivity index (χ2v) is 9.51. The van der Waals surface area contributed by atoms with Crippen LogP contribution in [0.1, 0.15) is 20.3 Å². The third kappa shape index (κ3) is 5.55. The summed E-state index contributed by atoms with van der Waals surface area (Å²) in [6, 6.07) is 12.1. The number of esters is 1. The molecule has 1 amide bonds. The number of benzene rings is 2. The normalized spacial score (nSPS) is 19.9. The topological polar surface area (TPSA) is 92.8 Å². The number of sulfonamides is 1. The van der Waals surface area contributed by atoms with Gasteiger partial charge in [-0.05, 0) is 41.2 Å². The number of ether oxygens (including phenoxy) is 1. The summed E-state index contributed by atoms with van der Waals surface area (Å²) in [5, 5.41) is 1.71. The Morgan fingerprint density at radius 3 is 2.41 bits per heavy atom. The molecule has 0 aliphatic carbocycles. The summed E-state index contributed by atoms with van der Waals surface area (Å²) in [6.07, 6.45) is 1.07. The number of fused-ring (bicyclic) bond motifs is 1. The minimum absolute atomic E-state index is 0.0661. The standard InChI is InChI=1S/C21H26N2O5S/c1-15-9-16(2)13-23(12-15)20(24)14-28-21(25)11-22-29(26,27)19-8-7-17-5-3-4-6-18(17)10-19/h3-8,10,15-16,22H,9,11-14H2,1-2H3/t15-,16+. The van der Waals surface area contributed by atoms with Gasteiger partial charge in [0, 0.05) is 13.1 Å². The van der Waals surface area contributed by atoms with Crippen LogP contribution in [0.5, 0.6) is 0 Å². The van der Waals surface area contributed by atoms with E-state index in [0.29, 0.717) is 24.9 Å². The fraction of sp³-hybridized carbons (Fsp3) is 0.429. The fourth-order valence-corrected chi connectivity index (χ4v) is 4.73. The van der Waals surface area contributed by atoms with Crippen LogP contribution in [0.3, 0.4) is 0 Å².